The van der Waals surface area contributed by atoms with Crippen LogP contribution in [0.2, 0.25) is 0 Å². The van der Waals surface area contributed by atoms with Gasteiger partial charge in [0.1, 0.15) is 0 Å². The van der Waals surface area contributed by atoms with Crippen molar-refractivity contribution in [1.29, 1.82) is 0 Å². The van der Waals surface area contributed by atoms with E-state index < -0.39 is 24.3 Å². The SMILES string of the molecule is O=C(O)CC(NC(=O)c1ccc(-c2ccc(C(F)F)cc2)cc1)c1ccc(-c2ccccc2)cc1. The highest BCUT2D eigenvalue weighted by molar-refractivity contribution is 5.95. The third kappa shape index (κ3) is 5.98. The molecule has 2 N–H and O–H groups in total. The van der Waals surface area contributed by atoms with Gasteiger partial charge in [0, 0.05) is 11.1 Å². The van der Waals surface area contributed by atoms with Crippen molar-refractivity contribution < 1.29 is 23.5 Å². The maximum absolute atomic E-state index is 12.9. The summed E-state index contributed by atoms with van der Waals surface area (Å²) >= 11 is 0. The predicted octanol–water partition coefficient (Wildman–Crippen LogP) is 6.90. The number of rotatable bonds is 8. The van der Waals surface area contributed by atoms with E-state index >= 15 is 0 Å². The molecule has 0 radical (unpaired) electrons. The maximum Gasteiger partial charge on any atom is 0.305 e. The van der Waals surface area contributed by atoms with Crippen LogP contribution in [-0.4, -0.2) is 17.0 Å². The van der Waals surface area contributed by atoms with E-state index in [1.807, 2.05) is 54.6 Å². The Labute approximate surface area is 201 Å². The van der Waals surface area contributed by atoms with Crippen LogP contribution in [-0.2, 0) is 4.79 Å². The van der Waals surface area contributed by atoms with Crippen molar-refractivity contribution in [1.82, 2.24) is 5.32 Å². The van der Waals surface area contributed by atoms with Gasteiger partial charge < -0.3 is 10.4 Å². The highest BCUT2D eigenvalue weighted by Gasteiger charge is 2.19. The second kappa shape index (κ2) is 10.7. The highest BCUT2D eigenvalue weighted by Crippen LogP contribution is 2.26. The highest BCUT2D eigenvalue weighted by atomic mass is 19.3. The van der Waals surface area contributed by atoms with Gasteiger partial charge >= 0.3 is 5.97 Å². The number of nitrogens with one attached hydrogen (secondary N) is 1. The first-order valence-corrected chi connectivity index (χ1v) is 11.1. The summed E-state index contributed by atoms with van der Waals surface area (Å²) in [6, 6.07) is 29.2. The van der Waals surface area contributed by atoms with Gasteiger partial charge in [-0.2, -0.15) is 0 Å². The summed E-state index contributed by atoms with van der Waals surface area (Å²) in [6.07, 6.45) is -2.78. The third-order valence-corrected chi connectivity index (χ3v) is 5.75. The minimum absolute atomic E-state index is 0.0500. The lowest BCUT2D eigenvalue weighted by atomic mass is 9.98. The molecule has 4 nitrogen and oxygen atoms in total. The van der Waals surface area contributed by atoms with E-state index in [-0.39, 0.29) is 12.0 Å². The first kappa shape index (κ1) is 23.8. The molecule has 1 unspecified atom stereocenters. The number of carboxylic acids is 1. The molecular weight excluding hydrogens is 448 g/mol. The molecular formula is C29H23F2NO3. The Bertz CT molecular complexity index is 1290. The number of alkyl halides is 2. The first-order valence-electron chi connectivity index (χ1n) is 11.1. The smallest absolute Gasteiger partial charge is 0.305 e. The number of benzene rings is 4. The lowest BCUT2D eigenvalue weighted by Gasteiger charge is -2.18. The van der Waals surface area contributed by atoms with Crippen LogP contribution < -0.4 is 5.32 Å². The summed E-state index contributed by atoms with van der Waals surface area (Å²) in [6.45, 7) is 0. The van der Waals surface area contributed by atoms with Crippen molar-refractivity contribution >= 4 is 11.9 Å². The number of halogens is 2. The van der Waals surface area contributed by atoms with Gasteiger partial charge in [-0.05, 0) is 39.9 Å². The van der Waals surface area contributed by atoms with Crippen LogP contribution in [0.25, 0.3) is 22.3 Å². The fourth-order valence-electron chi connectivity index (χ4n) is 3.84. The van der Waals surface area contributed by atoms with E-state index in [4.69, 9.17) is 0 Å². The van der Waals surface area contributed by atoms with Crippen LogP contribution in [0.3, 0.4) is 0 Å². The number of amides is 1. The third-order valence-electron chi connectivity index (χ3n) is 5.75. The van der Waals surface area contributed by atoms with Crippen LogP contribution in [0.5, 0.6) is 0 Å². The van der Waals surface area contributed by atoms with E-state index in [1.54, 1.807) is 36.4 Å². The van der Waals surface area contributed by atoms with Gasteiger partial charge in [0.2, 0.25) is 0 Å². The van der Waals surface area contributed by atoms with E-state index in [1.165, 1.54) is 12.1 Å². The molecule has 0 aliphatic carbocycles. The molecule has 0 fully saturated rings. The Morgan fingerprint density at radius 3 is 1.60 bits per heavy atom. The summed E-state index contributed by atoms with van der Waals surface area (Å²) < 4.78 is 25.5. The van der Waals surface area contributed by atoms with Gasteiger partial charge in [-0.25, -0.2) is 8.78 Å². The molecule has 0 heterocycles. The zero-order valence-corrected chi connectivity index (χ0v) is 18.7. The molecule has 0 aliphatic heterocycles. The lowest BCUT2D eigenvalue weighted by molar-refractivity contribution is -0.137. The average Bonchev–Trinajstić information content (AvgIpc) is 2.89. The molecule has 0 aromatic heterocycles. The lowest BCUT2D eigenvalue weighted by Crippen LogP contribution is -2.30. The van der Waals surface area contributed by atoms with Gasteiger partial charge in [-0.1, -0.05) is 91.0 Å². The van der Waals surface area contributed by atoms with Gasteiger partial charge in [0.25, 0.3) is 12.3 Å². The molecule has 6 heteroatoms. The molecule has 176 valence electrons. The summed E-state index contributed by atoms with van der Waals surface area (Å²) in [5, 5.41) is 12.2. The quantitative estimate of drug-likeness (QED) is 0.294. The molecule has 0 spiro atoms. The van der Waals surface area contributed by atoms with Crippen LogP contribution >= 0.6 is 0 Å². The van der Waals surface area contributed by atoms with E-state index in [2.05, 4.69) is 5.32 Å². The van der Waals surface area contributed by atoms with Crippen LogP contribution in [0.4, 0.5) is 8.78 Å². The molecule has 0 bridgehead atoms. The molecule has 35 heavy (non-hydrogen) atoms. The first-order chi connectivity index (χ1) is 16.9. The van der Waals surface area contributed by atoms with Crippen molar-refractivity contribution in [2.45, 2.75) is 18.9 Å². The molecule has 0 aliphatic rings. The van der Waals surface area contributed by atoms with Crippen molar-refractivity contribution in [3.63, 3.8) is 0 Å². The van der Waals surface area contributed by atoms with Crippen molar-refractivity contribution in [2.24, 2.45) is 0 Å². The molecule has 1 amide bonds. The molecule has 4 aromatic carbocycles. The predicted molar refractivity (Wildman–Crippen MR) is 131 cm³/mol. The Morgan fingerprint density at radius 2 is 1.11 bits per heavy atom. The molecule has 0 saturated carbocycles. The number of carbonyl (C=O) groups excluding carboxylic acids is 1. The Hall–Kier alpha value is -4.32. The second-order valence-corrected chi connectivity index (χ2v) is 8.11. The van der Waals surface area contributed by atoms with Gasteiger partial charge in [0.05, 0.1) is 12.5 Å². The molecule has 0 saturated heterocycles. The van der Waals surface area contributed by atoms with E-state index in [9.17, 15) is 23.5 Å². The van der Waals surface area contributed by atoms with E-state index in [0.29, 0.717) is 11.1 Å². The van der Waals surface area contributed by atoms with E-state index in [0.717, 1.165) is 22.3 Å². The Balaban J connectivity index is 1.49. The number of hydrogen-bond donors (Lipinski definition) is 2. The number of carboxylic acid groups (broad SMARTS) is 1. The molecule has 4 aromatic rings. The zero-order valence-electron chi connectivity index (χ0n) is 18.7. The fraction of sp³-hybridized carbons (Fsp3) is 0.103. The van der Waals surface area contributed by atoms with Crippen molar-refractivity contribution in [3.8, 4) is 22.3 Å². The number of carbonyl (C=O) groups is 2. The second-order valence-electron chi connectivity index (χ2n) is 8.11. The number of hydrogen-bond acceptors (Lipinski definition) is 2. The van der Waals surface area contributed by atoms with Gasteiger partial charge in [0.15, 0.2) is 0 Å². The summed E-state index contributed by atoms with van der Waals surface area (Å²) in [7, 11) is 0. The zero-order chi connectivity index (χ0) is 24.8. The standard InChI is InChI=1S/C29H23F2NO3/c30-28(31)24-14-8-21(9-15-24)22-10-16-25(17-11-22)29(35)32-26(18-27(33)34)23-12-6-20(7-13-23)19-4-2-1-3-5-19/h1-17,26,28H,18H2,(H,32,35)(H,33,34). The fourth-order valence-corrected chi connectivity index (χ4v) is 3.84. The maximum atomic E-state index is 12.9. The van der Waals surface area contributed by atoms with Gasteiger partial charge in [-0.15, -0.1) is 0 Å². The summed E-state index contributed by atoms with van der Waals surface area (Å²) in [5.41, 5.74) is 4.58. The normalized spacial score (nSPS) is 11.7. The van der Waals surface area contributed by atoms with Crippen molar-refractivity contribution in [2.75, 3.05) is 0 Å². The minimum Gasteiger partial charge on any atom is -0.481 e. The Morgan fingerprint density at radius 1 is 0.657 bits per heavy atom. The van der Waals surface area contributed by atoms with Crippen molar-refractivity contribution in [3.05, 3.63) is 120 Å². The largest absolute Gasteiger partial charge is 0.481 e. The molecule has 4 rings (SSSR count). The minimum atomic E-state index is -2.52. The monoisotopic (exact) mass is 471 g/mol. The topological polar surface area (TPSA) is 66.4 Å². The van der Waals surface area contributed by atoms with Crippen LogP contribution in [0.1, 0.15) is 40.4 Å². The summed E-state index contributed by atoms with van der Waals surface area (Å²) in [4.78, 5) is 24.3. The van der Waals surface area contributed by atoms with Crippen LogP contribution in [0, 0.1) is 0 Å². The number of aliphatic carboxylic acids is 1. The van der Waals surface area contributed by atoms with Crippen LogP contribution in [0.15, 0.2) is 103 Å². The molecule has 1 atom stereocenters. The summed E-state index contributed by atoms with van der Waals surface area (Å²) in [5.74, 6) is -1.42. The Kier molecular flexibility index (Phi) is 7.31. The average molecular weight is 472 g/mol. The van der Waals surface area contributed by atoms with Gasteiger partial charge in [-0.3, -0.25) is 9.59 Å².